The number of likely N-dealkylation sites (tertiary alicyclic amines) is 1. The molecular formula is C21H31N5O2. The number of rotatable bonds is 7. The van der Waals surface area contributed by atoms with Crippen LogP contribution in [0.1, 0.15) is 44.5 Å². The summed E-state index contributed by atoms with van der Waals surface area (Å²) in [5.41, 5.74) is 2.10. The third-order valence-corrected chi connectivity index (χ3v) is 4.92. The van der Waals surface area contributed by atoms with Crippen molar-refractivity contribution in [2.24, 2.45) is 4.99 Å². The fourth-order valence-corrected chi connectivity index (χ4v) is 3.49. The van der Waals surface area contributed by atoms with Crippen LogP contribution in [0.4, 0.5) is 0 Å². The molecule has 1 aromatic carbocycles. The van der Waals surface area contributed by atoms with Gasteiger partial charge in [0.25, 0.3) is 5.89 Å². The molecule has 28 heavy (non-hydrogen) atoms. The molecule has 0 unspecified atom stereocenters. The van der Waals surface area contributed by atoms with Crippen LogP contribution in [-0.2, 0) is 17.7 Å². The fraction of sp³-hybridized carbons (Fsp3) is 0.571. The van der Waals surface area contributed by atoms with E-state index in [-0.39, 0.29) is 0 Å². The molecule has 0 aliphatic carbocycles. The number of piperidine rings is 1. The number of ether oxygens (including phenoxy) is 1. The Morgan fingerprint density at radius 2 is 2.14 bits per heavy atom. The van der Waals surface area contributed by atoms with Gasteiger partial charge in [0.2, 0.25) is 0 Å². The number of aryl methyl sites for hydroxylation is 1. The molecule has 152 valence electrons. The maximum absolute atomic E-state index is 5.74. The quantitative estimate of drug-likeness (QED) is 0.582. The van der Waals surface area contributed by atoms with E-state index < -0.39 is 0 Å². The van der Waals surface area contributed by atoms with Crippen LogP contribution in [-0.4, -0.2) is 53.8 Å². The molecule has 2 aromatic rings. The van der Waals surface area contributed by atoms with Gasteiger partial charge in [0.15, 0.2) is 11.8 Å². The molecule has 1 fully saturated rings. The molecule has 1 saturated heterocycles. The summed E-state index contributed by atoms with van der Waals surface area (Å²) in [6.45, 7) is 7.57. The SMILES string of the molecule is CCCc1noc(-c2cccc(CNC(=NC)N3CCC(OCC)CC3)c2)n1. The number of aliphatic imine (C=N–C) groups is 1. The maximum Gasteiger partial charge on any atom is 0.257 e. The van der Waals surface area contributed by atoms with Crippen molar-refractivity contribution in [1.82, 2.24) is 20.4 Å². The number of guanidine groups is 1. The summed E-state index contributed by atoms with van der Waals surface area (Å²) in [4.78, 5) is 11.2. The summed E-state index contributed by atoms with van der Waals surface area (Å²) in [5.74, 6) is 2.27. The lowest BCUT2D eigenvalue weighted by Gasteiger charge is -2.34. The highest BCUT2D eigenvalue weighted by atomic mass is 16.5. The van der Waals surface area contributed by atoms with Crippen molar-refractivity contribution in [3.8, 4) is 11.5 Å². The minimum atomic E-state index is 0.378. The molecule has 7 heteroatoms. The monoisotopic (exact) mass is 385 g/mol. The van der Waals surface area contributed by atoms with Crippen molar-refractivity contribution in [3.63, 3.8) is 0 Å². The third-order valence-electron chi connectivity index (χ3n) is 4.92. The van der Waals surface area contributed by atoms with Gasteiger partial charge in [0.1, 0.15) is 0 Å². The van der Waals surface area contributed by atoms with Gasteiger partial charge in [0.05, 0.1) is 6.10 Å². The molecule has 0 bridgehead atoms. The number of hydrogen-bond donors (Lipinski definition) is 1. The minimum Gasteiger partial charge on any atom is -0.378 e. The van der Waals surface area contributed by atoms with Crippen LogP contribution in [0.5, 0.6) is 0 Å². The molecular weight excluding hydrogens is 354 g/mol. The topological polar surface area (TPSA) is 75.8 Å². The number of benzene rings is 1. The average molecular weight is 386 g/mol. The Kier molecular flexibility index (Phi) is 7.42. The molecule has 0 radical (unpaired) electrons. The highest BCUT2D eigenvalue weighted by Gasteiger charge is 2.21. The van der Waals surface area contributed by atoms with Gasteiger partial charge in [0, 0.05) is 45.3 Å². The van der Waals surface area contributed by atoms with Gasteiger partial charge in [-0.05, 0) is 43.9 Å². The Hall–Kier alpha value is -2.41. The molecule has 0 amide bonds. The zero-order chi connectivity index (χ0) is 19.8. The molecule has 1 aliphatic rings. The Morgan fingerprint density at radius 3 is 2.86 bits per heavy atom. The average Bonchev–Trinajstić information content (AvgIpc) is 3.19. The van der Waals surface area contributed by atoms with E-state index in [4.69, 9.17) is 9.26 Å². The lowest BCUT2D eigenvalue weighted by Crippen LogP contribution is -2.46. The third kappa shape index (κ3) is 5.32. The largest absolute Gasteiger partial charge is 0.378 e. The van der Waals surface area contributed by atoms with Crippen molar-refractivity contribution >= 4 is 5.96 Å². The first-order valence-corrected chi connectivity index (χ1v) is 10.2. The highest BCUT2D eigenvalue weighted by molar-refractivity contribution is 5.80. The van der Waals surface area contributed by atoms with Crippen LogP contribution in [0.3, 0.4) is 0 Å². The van der Waals surface area contributed by atoms with Crippen LogP contribution in [0.2, 0.25) is 0 Å². The van der Waals surface area contributed by atoms with E-state index in [0.29, 0.717) is 18.5 Å². The molecule has 2 heterocycles. The Bertz CT molecular complexity index is 766. The number of hydrogen-bond acceptors (Lipinski definition) is 5. The summed E-state index contributed by atoms with van der Waals surface area (Å²) in [6, 6.07) is 8.20. The van der Waals surface area contributed by atoms with Crippen LogP contribution < -0.4 is 5.32 Å². The Balaban J connectivity index is 1.57. The first-order valence-electron chi connectivity index (χ1n) is 10.2. The molecule has 7 nitrogen and oxygen atoms in total. The van der Waals surface area contributed by atoms with Crippen molar-refractivity contribution < 1.29 is 9.26 Å². The predicted molar refractivity (Wildman–Crippen MR) is 110 cm³/mol. The van der Waals surface area contributed by atoms with Crippen LogP contribution in [0, 0.1) is 0 Å². The summed E-state index contributed by atoms with van der Waals surface area (Å²) >= 11 is 0. The molecule has 1 aromatic heterocycles. The standard InChI is InChI=1S/C21H31N5O2/c1-4-7-19-24-20(28-25-19)17-9-6-8-16(14-17)15-23-21(22-3)26-12-10-18(11-13-26)27-5-2/h6,8-9,14,18H,4-5,7,10-13,15H2,1-3H3,(H,22,23). The van der Waals surface area contributed by atoms with E-state index in [9.17, 15) is 0 Å². The minimum absolute atomic E-state index is 0.378. The lowest BCUT2D eigenvalue weighted by molar-refractivity contribution is 0.0263. The number of aromatic nitrogens is 2. The van der Waals surface area contributed by atoms with Crippen molar-refractivity contribution in [1.29, 1.82) is 0 Å². The molecule has 0 saturated carbocycles. The molecule has 3 rings (SSSR count). The van der Waals surface area contributed by atoms with Crippen molar-refractivity contribution in [2.45, 2.75) is 52.2 Å². The van der Waals surface area contributed by atoms with Gasteiger partial charge in [-0.3, -0.25) is 4.99 Å². The summed E-state index contributed by atoms with van der Waals surface area (Å²) < 4.78 is 11.1. The first-order chi connectivity index (χ1) is 13.7. The molecule has 0 spiro atoms. The van der Waals surface area contributed by atoms with E-state index >= 15 is 0 Å². The van der Waals surface area contributed by atoms with Crippen molar-refractivity contribution in [3.05, 3.63) is 35.7 Å². The maximum atomic E-state index is 5.74. The Morgan fingerprint density at radius 1 is 1.32 bits per heavy atom. The number of nitrogens with zero attached hydrogens (tertiary/aromatic N) is 4. The van der Waals surface area contributed by atoms with E-state index in [1.165, 1.54) is 0 Å². The van der Waals surface area contributed by atoms with Crippen LogP contribution in [0.25, 0.3) is 11.5 Å². The number of nitrogens with one attached hydrogen (secondary N) is 1. The molecule has 0 atom stereocenters. The van der Waals surface area contributed by atoms with Crippen molar-refractivity contribution in [2.75, 3.05) is 26.7 Å². The van der Waals surface area contributed by atoms with Gasteiger partial charge in [-0.15, -0.1) is 0 Å². The highest BCUT2D eigenvalue weighted by Crippen LogP contribution is 2.19. The molecule has 1 N–H and O–H groups in total. The fourth-order valence-electron chi connectivity index (χ4n) is 3.49. The van der Waals surface area contributed by atoms with Crippen LogP contribution >= 0.6 is 0 Å². The molecule has 1 aliphatic heterocycles. The van der Waals surface area contributed by atoms with Gasteiger partial charge >= 0.3 is 0 Å². The second kappa shape index (κ2) is 10.2. The van der Waals surface area contributed by atoms with Crippen LogP contribution in [0.15, 0.2) is 33.8 Å². The normalized spacial score (nSPS) is 15.8. The smallest absolute Gasteiger partial charge is 0.257 e. The van der Waals surface area contributed by atoms with E-state index in [1.807, 2.05) is 19.2 Å². The summed E-state index contributed by atoms with van der Waals surface area (Å²) in [7, 11) is 1.83. The summed E-state index contributed by atoms with van der Waals surface area (Å²) in [5, 5.41) is 7.52. The second-order valence-corrected chi connectivity index (χ2v) is 7.01. The van der Waals surface area contributed by atoms with Gasteiger partial charge in [-0.1, -0.05) is 24.2 Å². The van der Waals surface area contributed by atoms with E-state index in [0.717, 1.165) is 68.3 Å². The lowest BCUT2D eigenvalue weighted by atomic mass is 10.1. The van der Waals surface area contributed by atoms with Gasteiger partial charge in [-0.2, -0.15) is 4.98 Å². The Labute approximate surface area is 167 Å². The van der Waals surface area contributed by atoms with Gasteiger partial charge < -0.3 is 19.5 Å². The first kappa shape index (κ1) is 20.3. The zero-order valence-electron chi connectivity index (χ0n) is 17.1. The van der Waals surface area contributed by atoms with E-state index in [2.05, 4.69) is 51.3 Å². The zero-order valence-corrected chi connectivity index (χ0v) is 17.1. The predicted octanol–water partition coefficient (Wildman–Crippen LogP) is 3.27. The summed E-state index contributed by atoms with van der Waals surface area (Å²) in [6.07, 6.45) is 4.30. The van der Waals surface area contributed by atoms with E-state index in [1.54, 1.807) is 0 Å². The second-order valence-electron chi connectivity index (χ2n) is 7.01. The van der Waals surface area contributed by atoms with Gasteiger partial charge in [-0.25, -0.2) is 0 Å².